The number of hydrogen-bond acceptors (Lipinski definition) is 2. The van der Waals surface area contributed by atoms with E-state index in [1.54, 1.807) is 0 Å². The molecule has 4 heteroatoms. The van der Waals surface area contributed by atoms with Crippen LogP contribution in [0.3, 0.4) is 0 Å². The SMILES string of the molecule is Cc1nc2ccccc2n1Cc1ccccc1Cn1c(C)nc2ccccc21. The predicted octanol–water partition coefficient (Wildman–Crippen LogP) is 5.10. The molecule has 0 amide bonds. The van der Waals surface area contributed by atoms with E-state index in [0.29, 0.717) is 0 Å². The van der Waals surface area contributed by atoms with Crippen LogP contribution in [-0.4, -0.2) is 19.1 Å². The summed E-state index contributed by atoms with van der Waals surface area (Å²) < 4.78 is 4.60. The quantitative estimate of drug-likeness (QED) is 0.444. The smallest absolute Gasteiger partial charge is 0.107 e. The molecule has 28 heavy (non-hydrogen) atoms. The highest BCUT2D eigenvalue weighted by Crippen LogP contribution is 2.22. The number of nitrogens with zero attached hydrogens (tertiary/aromatic N) is 4. The molecule has 0 aliphatic carbocycles. The van der Waals surface area contributed by atoms with Crippen LogP contribution in [0.4, 0.5) is 0 Å². The summed E-state index contributed by atoms with van der Waals surface area (Å²) in [7, 11) is 0. The van der Waals surface area contributed by atoms with Crippen molar-refractivity contribution in [3.8, 4) is 0 Å². The van der Waals surface area contributed by atoms with Crippen molar-refractivity contribution in [3.63, 3.8) is 0 Å². The molecule has 0 spiro atoms. The van der Waals surface area contributed by atoms with Gasteiger partial charge in [0, 0.05) is 13.1 Å². The predicted molar refractivity (Wildman–Crippen MR) is 114 cm³/mol. The number of aromatic nitrogens is 4. The number of imidazole rings is 2. The van der Waals surface area contributed by atoms with Gasteiger partial charge in [-0.2, -0.15) is 0 Å². The van der Waals surface area contributed by atoms with Crippen LogP contribution in [0.5, 0.6) is 0 Å². The van der Waals surface area contributed by atoms with E-state index in [9.17, 15) is 0 Å². The molecule has 2 heterocycles. The Hall–Kier alpha value is -3.40. The van der Waals surface area contributed by atoms with Crippen molar-refractivity contribution in [2.24, 2.45) is 0 Å². The Kier molecular flexibility index (Phi) is 3.97. The van der Waals surface area contributed by atoms with Gasteiger partial charge in [-0.1, -0.05) is 48.5 Å². The highest BCUT2D eigenvalue weighted by atomic mass is 15.1. The number of benzene rings is 3. The van der Waals surface area contributed by atoms with Crippen LogP contribution in [0.2, 0.25) is 0 Å². The minimum Gasteiger partial charge on any atom is -0.324 e. The molecule has 0 atom stereocenters. The topological polar surface area (TPSA) is 35.6 Å². The maximum atomic E-state index is 4.72. The van der Waals surface area contributed by atoms with Crippen LogP contribution in [0, 0.1) is 13.8 Å². The minimum atomic E-state index is 0.814. The Morgan fingerprint density at radius 1 is 0.571 bits per heavy atom. The van der Waals surface area contributed by atoms with Crippen molar-refractivity contribution in [2.75, 3.05) is 0 Å². The van der Waals surface area contributed by atoms with Crippen molar-refractivity contribution in [1.82, 2.24) is 19.1 Å². The highest BCUT2D eigenvalue weighted by molar-refractivity contribution is 5.76. The first-order chi connectivity index (χ1) is 13.7. The lowest BCUT2D eigenvalue weighted by Gasteiger charge is -2.14. The summed E-state index contributed by atoms with van der Waals surface area (Å²) in [5, 5.41) is 0. The molecule has 0 saturated heterocycles. The maximum Gasteiger partial charge on any atom is 0.107 e. The molecular weight excluding hydrogens is 344 g/mol. The molecule has 0 N–H and O–H groups in total. The summed E-state index contributed by atoms with van der Waals surface area (Å²) in [5.74, 6) is 2.08. The van der Waals surface area contributed by atoms with Crippen LogP contribution < -0.4 is 0 Å². The van der Waals surface area contributed by atoms with Crippen molar-refractivity contribution >= 4 is 22.1 Å². The first-order valence-corrected chi connectivity index (χ1v) is 9.61. The van der Waals surface area contributed by atoms with Crippen molar-refractivity contribution in [2.45, 2.75) is 26.9 Å². The lowest BCUT2D eigenvalue weighted by molar-refractivity contribution is 0.742. The molecule has 0 aliphatic rings. The highest BCUT2D eigenvalue weighted by Gasteiger charge is 2.12. The van der Waals surface area contributed by atoms with E-state index in [4.69, 9.17) is 9.97 Å². The average molecular weight is 366 g/mol. The third-order valence-electron chi connectivity index (χ3n) is 5.47. The Labute approximate surface area is 164 Å². The van der Waals surface area contributed by atoms with Gasteiger partial charge in [0.25, 0.3) is 0 Å². The second-order valence-corrected chi connectivity index (χ2v) is 7.24. The molecule has 5 aromatic rings. The summed E-state index contributed by atoms with van der Waals surface area (Å²) in [4.78, 5) is 9.43. The van der Waals surface area contributed by atoms with E-state index in [-0.39, 0.29) is 0 Å². The maximum absolute atomic E-state index is 4.72. The minimum absolute atomic E-state index is 0.814. The average Bonchev–Trinajstić information content (AvgIpc) is 3.20. The van der Waals surface area contributed by atoms with Gasteiger partial charge in [-0.25, -0.2) is 9.97 Å². The lowest BCUT2D eigenvalue weighted by Crippen LogP contribution is -2.08. The van der Waals surface area contributed by atoms with E-state index >= 15 is 0 Å². The molecule has 138 valence electrons. The monoisotopic (exact) mass is 366 g/mol. The number of hydrogen-bond donors (Lipinski definition) is 0. The molecule has 4 nitrogen and oxygen atoms in total. The van der Waals surface area contributed by atoms with Crippen LogP contribution in [0.15, 0.2) is 72.8 Å². The van der Waals surface area contributed by atoms with Gasteiger partial charge in [0.1, 0.15) is 11.6 Å². The van der Waals surface area contributed by atoms with Gasteiger partial charge in [0.15, 0.2) is 0 Å². The van der Waals surface area contributed by atoms with Gasteiger partial charge in [-0.15, -0.1) is 0 Å². The summed E-state index contributed by atoms with van der Waals surface area (Å²) >= 11 is 0. The van der Waals surface area contributed by atoms with Crippen molar-refractivity contribution in [1.29, 1.82) is 0 Å². The van der Waals surface area contributed by atoms with Crippen LogP contribution in [0.25, 0.3) is 22.1 Å². The van der Waals surface area contributed by atoms with Crippen molar-refractivity contribution < 1.29 is 0 Å². The Bertz CT molecular complexity index is 1190. The van der Waals surface area contributed by atoms with Gasteiger partial charge in [-0.05, 0) is 49.2 Å². The molecule has 0 radical (unpaired) electrons. The largest absolute Gasteiger partial charge is 0.324 e. The third kappa shape index (κ3) is 2.78. The molecule has 5 rings (SSSR count). The fraction of sp³-hybridized carbons (Fsp3) is 0.167. The van der Waals surface area contributed by atoms with E-state index < -0.39 is 0 Å². The number of fused-ring (bicyclic) bond motifs is 2. The van der Waals surface area contributed by atoms with Crippen LogP contribution in [-0.2, 0) is 13.1 Å². The van der Waals surface area contributed by atoms with Gasteiger partial charge < -0.3 is 9.13 Å². The number of aryl methyl sites for hydroxylation is 2. The summed E-state index contributed by atoms with van der Waals surface area (Å²) in [6.45, 7) is 5.79. The van der Waals surface area contributed by atoms with Gasteiger partial charge in [-0.3, -0.25) is 0 Å². The second-order valence-electron chi connectivity index (χ2n) is 7.24. The normalized spacial score (nSPS) is 11.5. The zero-order chi connectivity index (χ0) is 19.1. The van der Waals surface area contributed by atoms with Gasteiger partial charge in [0.2, 0.25) is 0 Å². The molecule has 3 aromatic carbocycles. The first-order valence-electron chi connectivity index (χ1n) is 9.61. The van der Waals surface area contributed by atoms with E-state index in [1.165, 1.54) is 22.2 Å². The first kappa shape index (κ1) is 16.8. The summed E-state index contributed by atoms with van der Waals surface area (Å²) in [6, 6.07) is 25.3. The van der Waals surface area contributed by atoms with Crippen LogP contribution >= 0.6 is 0 Å². The standard InChI is InChI=1S/C24H22N4/c1-17-25-21-11-5-7-13-23(21)27(17)15-19-9-3-4-10-20(19)16-28-18(2)26-22-12-6-8-14-24(22)28/h3-14H,15-16H2,1-2H3. The Morgan fingerprint density at radius 2 is 0.964 bits per heavy atom. The molecule has 0 saturated carbocycles. The van der Waals surface area contributed by atoms with Crippen molar-refractivity contribution in [3.05, 3.63) is 95.6 Å². The number of para-hydroxylation sites is 4. The van der Waals surface area contributed by atoms with Crippen LogP contribution in [0.1, 0.15) is 22.8 Å². The molecule has 0 unspecified atom stereocenters. The third-order valence-corrected chi connectivity index (χ3v) is 5.47. The van der Waals surface area contributed by atoms with E-state index in [1.807, 2.05) is 12.1 Å². The second kappa shape index (κ2) is 6.64. The lowest BCUT2D eigenvalue weighted by atomic mass is 10.1. The van der Waals surface area contributed by atoms with Gasteiger partial charge >= 0.3 is 0 Å². The molecule has 0 aliphatic heterocycles. The van der Waals surface area contributed by atoms with E-state index in [0.717, 1.165) is 35.8 Å². The zero-order valence-corrected chi connectivity index (χ0v) is 16.1. The summed E-state index contributed by atoms with van der Waals surface area (Å²) in [5.41, 5.74) is 7.08. The van der Waals surface area contributed by atoms with E-state index in [2.05, 4.69) is 83.6 Å². The molecule has 0 fully saturated rings. The fourth-order valence-electron chi connectivity index (χ4n) is 4.00. The summed E-state index contributed by atoms with van der Waals surface area (Å²) in [6.07, 6.45) is 0. The Balaban J connectivity index is 1.56. The fourth-order valence-corrected chi connectivity index (χ4v) is 4.00. The Morgan fingerprint density at radius 3 is 1.43 bits per heavy atom. The molecule has 2 aromatic heterocycles. The molecule has 0 bridgehead atoms. The zero-order valence-electron chi connectivity index (χ0n) is 16.1. The van der Waals surface area contributed by atoms with Gasteiger partial charge in [0.05, 0.1) is 22.1 Å². The number of rotatable bonds is 4. The molecular formula is C24H22N4.